The molecule has 0 aliphatic heterocycles. The summed E-state index contributed by atoms with van der Waals surface area (Å²) in [4.78, 5) is 0. The van der Waals surface area contributed by atoms with Crippen molar-refractivity contribution >= 4 is 23.9 Å². The highest BCUT2D eigenvalue weighted by Gasteiger charge is 2.43. The van der Waals surface area contributed by atoms with Crippen molar-refractivity contribution in [2.24, 2.45) is 0 Å². The van der Waals surface area contributed by atoms with E-state index in [2.05, 4.69) is 104 Å². The molecule has 3 aromatic rings. The Hall–Kier alpha value is -2.42. The zero-order valence-corrected chi connectivity index (χ0v) is 16.8. The number of allylic oxidation sites excluding steroid dienone is 1. The van der Waals surface area contributed by atoms with E-state index in [9.17, 15) is 0 Å². The number of rotatable bonds is 5. The van der Waals surface area contributed by atoms with Crippen LogP contribution in [0.4, 0.5) is 0 Å². The molecule has 1 nitrogen and oxygen atoms in total. The average molecular weight is 370 g/mol. The molecule has 0 saturated carbocycles. The SMILES string of the molecule is CC1=C[C](O[Si](c2ccccc2)(c2ccccc2)c2ccccc2)CCC1. The summed E-state index contributed by atoms with van der Waals surface area (Å²) in [5.41, 5.74) is 1.41. The van der Waals surface area contributed by atoms with E-state index in [4.69, 9.17) is 4.43 Å². The van der Waals surface area contributed by atoms with Crippen molar-refractivity contribution < 1.29 is 4.43 Å². The number of hydrogen-bond acceptors (Lipinski definition) is 1. The van der Waals surface area contributed by atoms with Gasteiger partial charge in [0, 0.05) is 0 Å². The molecular formula is C25H25OSi. The molecule has 0 amide bonds. The maximum Gasteiger partial charge on any atom is 0.289 e. The summed E-state index contributed by atoms with van der Waals surface area (Å²) in [5, 5.41) is 3.85. The summed E-state index contributed by atoms with van der Waals surface area (Å²) >= 11 is 0. The molecule has 0 saturated heterocycles. The number of hydrogen-bond donors (Lipinski definition) is 0. The van der Waals surface area contributed by atoms with Crippen LogP contribution in [0.1, 0.15) is 26.2 Å². The monoisotopic (exact) mass is 369 g/mol. The highest BCUT2D eigenvalue weighted by molar-refractivity contribution is 7.07. The molecule has 27 heavy (non-hydrogen) atoms. The predicted molar refractivity (Wildman–Crippen MR) is 116 cm³/mol. The molecule has 0 fully saturated rings. The first-order chi connectivity index (χ1) is 13.3. The standard InChI is InChI=1S/C25H25OSi/c1-21-12-11-13-22(20-21)26-27(23-14-5-2-6-15-23,24-16-7-3-8-17-24)25-18-9-4-10-19-25/h2-10,14-20H,11-13H2,1H3. The molecule has 0 bridgehead atoms. The van der Waals surface area contributed by atoms with Crippen molar-refractivity contribution in [3.63, 3.8) is 0 Å². The molecule has 0 unspecified atom stereocenters. The zero-order valence-electron chi connectivity index (χ0n) is 15.8. The highest BCUT2D eigenvalue weighted by atomic mass is 28.4. The summed E-state index contributed by atoms with van der Waals surface area (Å²) in [6, 6.07) is 32.4. The smallest absolute Gasteiger partial charge is 0.289 e. The van der Waals surface area contributed by atoms with Crippen LogP contribution in [0.25, 0.3) is 0 Å². The van der Waals surface area contributed by atoms with Crippen LogP contribution in [-0.2, 0) is 4.43 Å². The molecule has 0 spiro atoms. The van der Waals surface area contributed by atoms with Gasteiger partial charge in [-0.2, -0.15) is 0 Å². The lowest BCUT2D eigenvalue weighted by atomic mass is 9.99. The third-order valence-corrected chi connectivity index (χ3v) is 9.23. The largest absolute Gasteiger partial charge is 0.392 e. The Morgan fingerprint density at radius 1 is 0.630 bits per heavy atom. The lowest BCUT2D eigenvalue weighted by Crippen LogP contribution is -2.69. The molecule has 1 aliphatic carbocycles. The van der Waals surface area contributed by atoms with E-state index in [-0.39, 0.29) is 0 Å². The molecule has 2 heteroatoms. The van der Waals surface area contributed by atoms with Gasteiger partial charge in [-0.25, -0.2) is 0 Å². The molecule has 0 N–H and O–H groups in total. The normalized spacial score (nSPS) is 15.4. The molecule has 3 aromatic carbocycles. The Labute approximate surface area is 163 Å². The van der Waals surface area contributed by atoms with Crippen LogP contribution in [0.5, 0.6) is 0 Å². The maximum atomic E-state index is 7.09. The molecule has 135 valence electrons. The fourth-order valence-electron chi connectivity index (χ4n) is 3.93. The van der Waals surface area contributed by atoms with Gasteiger partial charge < -0.3 is 4.43 Å². The van der Waals surface area contributed by atoms with Crippen molar-refractivity contribution in [1.29, 1.82) is 0 Å². The summed E-state index contributed by atoms with van der Waals surface area (Å²) in [7, 11) is -2.62. The third-order valence-electron chi connectivity index (χ3n) is 5.23. The molecule has 0 aromatic heterocycles. The Morgan fingerprint density at radius 3 is 1.48 bits per heavy atom. The first kappa shape index (κ1) is 18.0. The molecule has 4 rings (SSSR count). The van der Waals surface area contributed by atoms with Gasteiger partial charge in [0.2, 0.25) is 0 Å². The first-order valence-corrected chi connectivity index (χ1v) is 11.6. The average Bonchev–Trinajstić information content (AvgIpc) is 2.74. The summed E-state index contributed by atoms with van der Waals surface area (Å²) in [6.45, 7) is 2.21. The minimum absolute atomic E-state index is 1.01. The van der Waals surface area contributed by atoms with Crippen molar-refractivity contribution in [2.75, 3.05) is 0 Å². The van der Waals surface area contributed by atoms with Crippen LogP contribution in [-0.4, -0.2) is 8.32 Å². The van der Waals surface area contributed by atoms with Gasteiger partial charge in [0.15, 0.2) is 0 Å². The predicted octanol–water partition coefficient (Wildman–Crippen LogP) is 4.33. The third kappa shape index (κ3) is 3.69. The van der Waals surface area contributed by atoms with Crippen LogP contribution in [0.15, 0.2) is 103 Å². The maximum absolute atomic E-state index is 7.09. The summed E-state index contributed by atoms with van der Waals surface area (Å²) in [6.07, 6.45) is 6.74. The Bertz CT molecular complexity index is 791. The fourth-order valence-corrected chi connectivity index (χ4v) is 7.83. The van der Waals surface area contributed by atoms with Crippen LogP contribution >= 0.6 is 0 Å². The zero-order chi connectivity index (χ0) is 18.5. The molecular weight excluding hydrogens is 344 g/mol. The van der Waals surface area contributed by atoms with Crippen LogP contribution in [0, 0.1) is 6.10 Å². The molecule has 1 radical (unpaired) electrons. The highest BCUT2D eigenvalue weighted by Crippen LogP contribution is 2.28. The van der Waals surface area contributed by atoms with Crippen molar-refractivity contribution in [2.45, 2.75) is 26.2 Å². The molecule has 0 heterocycles. The summed E-state index contributed by atoms with van der Waals surface area (Å²) in [5.74, 6) is 0. The van der Waals surface area contributed by atoms with E-state index < -0.39 is 8.32 Å². The van der Waals surface area contributed by atoms with Crippen LogP contribution < -0.4 is 15.6 Å². The van der Waals surface area contributed by atoms with Gasteiger partial charge in [0.25, 0.3) is 8.32 Å². The van der Waals surface area contributed by atoms with Gasteiger partial charge in [0.1, 0.15) is 6.10 Å². The van der Waals surface area contributed by atoms with Crippen LogP contribution in [0.3, 0.4) is 0 Å². The van der Waals surface area contributed by atoms with E-state index >= 15 is 0 Å². The van der Waals surface area contributed by atoms with E-state index in [0.717, 1.165) is 12.5 Å². The van der Waals surface area contributed by atoms with E-state index in [1.807, 2.05) is 0 Å². The van der Waals surface area contributed by atoms with Gasteiger partial charge in [-0.1, -0.05) is 103 Å². The number of benzene rings is 3. The Balaban J connectivity index is 1.93. The Morgan fingerprint density at radius 2 is 1.07 bits per heavy atom. The lowest BCUT2D eigenvalue weighted by molar-refractivity contribution is 0.333. The molecule has 1 aliphatic rings. The Kier molecular flexibility index (Phi) is 5.37. The van der Waals surface area contributed by atoms with Gasteiger partial charge in [-0.3, -0.25) is 0 Å². The van der Waals surface area contributed by atoms with Gasteiger partial charge >= 0.3 is 0 Å². The van der Waals surface area contributed by atoms with Crippen molar-refractivity contribution in [1.82, 2.24) is 0 Å². The van der Waals surface area contributed by atoms with Crippen LogP contribution in [0.2, 0.25) is 0 Å². The molecule has 0 atom stereocenters. The van der Waals surface area contributed by atoms with Crippen molar-refractivity contribution in [3.8, 4) is 0 Å². The lowest BCUT2D eigenvalue weighted by Gasteiger charge is -2.36. The topological polar surface area (TPSA) is 9.23 Å². The van der Waals surface area contributed by atoms with Crippen molar-refractivity contribution in [3.05, 3.63) is 109 Å². The van der Waals surface area contributed by atoms with E-state index in [1.54, 1.807) is 0 Å². The second-order valence-corrected chi connectivity index (χ2v) is 10.5. The van der Waals surface area contributed by atoms with Gasteiger partial charge in [0.05, 0.1) is 0 Å². The first-order valence-electron chi connectivity index (χ1n) is 9.67. The second-order valence-electron chi connectivity index (χ2n) is 7.19. The fraction of sp³-hybridized carbons (Fsp3) is 0.160. The second kappa shape index (κ2) is 8.08. The quantitative estimate of drug-likeness (QED) is 0.480. The minimum Gasteiger partial charge on any atom is -0.392 e. The minimum atomic E-state index is -2.62. The van der Waals surface area contributed by atoms with E-state index in [0.29, 0.717) is 0 Å². The van der Waals surface area contributed by atoms with E-state index in [1.165, 1.54) is 34.0 Å². The summed E-state index contributed by atoms with van der Waals surface area (Å²) < 4.78 is 7.09. The van der Waals surface area contributed by atoms with Gasteiger partial charge in [-0.15, -0.1) is 0 Å². The van der Waals surface area contributed by atoms with Gasteiger partial charge in [-0.05, 0) is 41.7 Å².